The van der Waals surface area contributed by atoms with Gasteiger partial charge >= 0.3 is 0 Å². The normalized spacial score (nSPS) is 20.0. The average Bonchev–Trinajstić information content (AvgIpc) is 2.84. The molecule has 1 aliphatic heterocycles. The van der Waals surface area contributed by atoms with Gasteiger partial charge in [0.25, 0.3) is 5.91 Å². The number of hydrogen-bond donors (Lipinski definition) is 2. The number of nitrogens with zero attached hydrogens (tertiary/aromatic N) is 2. The second-order valence-electron chi connectivity index (χ2n) is 5.81. The molecule has 5 heteroatoms. The molecule has 3 rings (SSSR count). The van der Waals surface area contributed by atoms with Gasteiger partial charge in [0.15, 0.2) is 0 Å². The smallest absolute Gasteiger partial charge is 0.254 e. The second-order valence-corrected chi connectivity index (χ2v) is 5.81. The molecule has 0 fully saturated rings. The number of carbonyl (C=O) groups excluding carboxylic acids is 1. The predicted molar refractivity (Wildman–Crippen MR) is 77.5 cm³/mol. The second kappa shape index (κ2) is 4.37. The molecule has 3 N–H and O–H groups in total. The number of fused-ring (bicyclic) bond motifs is 1. The highest BCUT2D eigenvalue weighted by molar-refractivity contribution is 5.97. The van der Waals surface area contributed by atoms with Gasteiger partial charge in [0.2, 0.25) is 0 Å². The van der Waals surface area contributed by atoms with Gasteiger partial charge < -0.3 is 11.1 Å². The highest BCUT2D eigenvalue weighted by atomic mass is 16.1. The Labute approximate surface area is 117 Å². The van der Waals surface area contributed by atoms with Gasteiger partial charge in [-0.2, -0.15) is 5.10 Å². The summed E-state index contributed by atoms with van der Waals surface area (Å²) >= 11 is 0. The van der Waals surface area contributed by atoms with Crippen molar-refractivity contribution < 1.29 is 4.79 Å². The Kier molecular flexibility index (Phi) is 2.78. The molecule has 1 atom stereocenters. The van der Waals surface area contributed by atoms with Crippen molar-refractivity contribution in [2.45, 2.75) is 31.8 Å². The molecule has 104 valence electrons. The Hall–Kier alpha value is -2.30. The number of amides is 1. The number of nitrogens with two attached hydrogens (primary N) is 1. The van der Waals surface area contributed by atoms with Crippen LogP contribution < -0.4 is 11.1 Å². The maximum absolute atomic E-state index is 11.5. The lowest BCUT2D eigenvalue weighted by Gasteiger charge is -2.38. The minimum Gasteiger partial charge on any atom is -0.365 e. The van der Waals surface area contributed by atoms with Crippen molar-refractivity contribution in [1.82, 2.24) is 9.78 Å². The quantitative estimate of drug-likeness (QED) is 0.879. The van der Waals surface area contributed by atoms with Crippen LogP contribution in [0.4, 0.5) is 5.82 Å². The first-order chi connectivity index (χ1) is 9.49. The van der Waals surface area contributed by atoms with Crippen LogP contribution in [-0.2, 0) is 5.54 Å². The van der Waals surface area contributed by atoms with Gasteiger partial charge in [-0.05, 0) is 25.8 Å². The molecule has 0 aliphatic carbocycles. The summed E-state index contributed by atoms with van der Waals surface area (Å²) in [4.78, 5) is 11.5. The van der Waals surface area contributed by atoms with Crippen LogP contribution in [0.1, 0.15) is 42.2 Å². The summed E-state index contributed by atoms with van der Waals surface area (Å²) in [7, 11) is 0. The molecule has 2 aromatic rings. The van der Waals surface area contributed by atoms with E-state index in [0.29, 0.717) is 11.4 Å². The molecule has 5 nitrogen and oxygen atoms in total. The third-order valence-corrected chi connectivity index (χ3v) is 3.82. The van der Waals surface area contributed by atoms with E-state index < -0.39 is 5.91 Å². The molecule has 2 heterocycles. The van der Waals surface area contributed by atoms with Gasteiger partial charge in [-0.25, -0.2) is 4.68 Å². The molecule has 0 radical (unpaired) electrons. The average molecular weight is 270 g/mol. The van der Waals surface area contributed by atoms with Gasteiger partial charge in [0.1, 0.15) is 11.4 Å². The van der Waals surface area contributed by atoms with Crippen molar-refractivity contribution in [3.05, 3.63) is 47.7 Å². The van der Waals surface area contributed by atoms with E-state index in [2.05, 4.69) is 36.4 Å². The minimum atomic E-state index is -0.455. The number of nitrogens with one attached hydrogen (secondary N) is 1. The molecule has 0 saturated carbocycles. The molecular formula is C15H18N4O. The molecule has 1 aromatic carbocycles. The Morgan fingerprint density at radius 3 is 2.75 bits per heavy atom. The lowest BCUT2D eigenvalue weighted by atomic mass is 9.89. The molecule has 0 saturated heterocycles. The molecule has 1 unspecified atom stereocenters. The molecule has 1 aliphatic rings. The van der Waals surface area contributed by atoms with Crippen LogP contribution in [0.3, 0.4) is 0 Å². The zero-order chi connectivity index (χ0) is 14.3. The van der Waals surface area contributed by atoms with E-state index in [9.17, 15) is 4.79 Å². The molecular weight excluding hydrogens is 252 g/mol. The van der Waals surface area contributed by atoms with Gasteiger partial charge in [0.05, 0.1) is 17.8 Å². The Bertz CT molecular complexity index is 645. The van der Waals surface area contributed by atoms with Crippen molar-refractivity contribution >= 4 is 11.7 Å². The first-order valence-corrected chi connectivity index (χ1v) is 6.69. The predicted octanol–water partition coefficient (Wildman–Crippen LogP) is 2.27. The lowest BCUT2D eigenvalue weighted by molar-refractivity contribution is 0.100. The zero-order valence-electron chi connectivity index (χ0n) is 11.6. The van der Waals surface area contributed by atoms with E-state index in [-0.39, 0.29) is 11.6 Å². The molecule has 0 spiro atoms. The van der Waals surface area contributed by atoms with Crippen molar-refractivity contribution in [3.8, 4) is 0 Å². The summed E-state index contributed by atoms with van der Waals surface area (Å²) in [6.07, 6.45) is 2.43. The van der Waals surface area contributed by atoms with Crippen molar-refractivity contribution in [3.63, 3.8) is 0 Å². The van der Waals surface area contributed by atoms with E-state index in [4.69, 9.17) is 5.73 Å². The maximum atomic E-state index is 11.5. The van der Waals surface area contributed by atoms with Crippen LogP contribution in [0.25, 0.3) is 0 Å². The summed E-state index contributed by atoms with van der Waals surface area (Å²) in [6, 6.07) is 10.4. The Balaban J connectivity index is 2.05. The van der Waals surface area contributed by atoms with E-state index in [0.717, 1.165) is 6.42 Å². The Morgan fingerprint density at radius 2 is 2.10 bits per heavy atom. The monoisotopic (exact) mass is 270 g/mol. The van der Waals surface area contributed by atoms with Gasteiger partial charge in [-0.1, -0.05) is 30.3 Å². The van der Waals surface area contributed by atoms with E-state index >= 15 is 0 Å². The first-order valence-electron chi connectivity index (χ1n) is 6.69. The third kappa shape index (κ3) is 1.95. The Morgan fingerprint density at radius 1 is 1.40 bits per heavy atom. The highest BCUT2D eigenvalue weighted by Crippen LogP contribution is 2.39. The van der Waals surface area contributed by atoms with Crippen LogP contribution in [0.2, 0.25) is 0 Å². The third-order valence-electron chi connectivity index (χ3n) is 3.82. The lowest BCUT2D eigenvalue weighted by Crippen LogP contribution is -2.38. The first kappa shape index (κ1) is 12.7. The van der Waals surface area contributed by atoms with Crippen LogP contribution in [-0.4, -0.2) is 15.7 Å². The number of aromatic nitrogens is 2. The van der Waals surface area contributed by atoms with Crippen molar-refractivity contribution in [2.24, 2.45) is 5.73 Å². The number of anilines is 1. The van der Waals surface area contributed by atoms with Gasteiger partial charge in [-0.15, -0.1) is 0 Å². The number of carbonyl (C=O) groups is 1. The SMILES string of the molecule is CC1(C)CC(c2ccccc2)Nc2c(C(N)=O)cnn21. The summed E-state index contributed by atoms with van der Waals surface area (Å²) in [5.74, 6) is 0.255. The standard InChI is InChI=1S/C15H18N4O/c1-15(2)8-12(10-6-4-3-5-7-10)18-14-11(13(16)20)9-17-19(14)15/h3-7,9,12,18H,8H2,1-2H3,(H2,16,20). The zero-order valence-corrected chi connectivity index (χ0v) is 11.6. The number of benzene rings is 1. The molecule has 0 bridgehead atoms. The minimum absolute atomic E-state index is 0.147. The molecule has 1 aromatic heterocycles. The van der Waals surface area contributed by atoms with E-state index in [1.807, 2.05) is 22.9 Å². The molecule has 1 amide bonds. The number of rotatable bonds is 2. The van der Waals surface area contributed by atoms with Crippen molar-refractivity contribution in [2.75, 3.05) is 5.32 Å². The fraction of sp³-hybridized carbons (Fsp3) is 0.333. The van der Waals surface area contributed by atoms with E-state index in [1.165, 1.54) is 5.56 Å². The topological polar surface area (TPSA) is 72.9 Å². The van der Waals surface area contributed by atoms with Crippen molar-refractivity contribution in [1.29, 1.82) is 0 Å². The summed E-state index contributed by atoms with van der Waals surface area (Å²) in [5, 5.41) is 7.71. The van der Waals surface area contributed by atoms with Gasteiger partial charge in [0, 0.05) is 0 Å². The largest absolute Gasteiger partial charge is 0.365 e. The fourth-order valence-electron chi connectivity index (χ4n) is 2.82. The van der Waals surface area contributed by atoms with E-state index in [1.54, 1.807) is 6.20 Å². The van der Waals surface area contributed by atoms with Gasteiger partial charge in [-0.3, -0.25) is 4.79 Å². The van der Waals surface area contributed by atoms with Crippen LogP contribution in [0, 0.1) is 0 Å². The number of primary amides is 1. The maximum Gasteiger partial charge on any atom is 0.254 e. The summed E-state index contributed by atoms with van der Waals surface area (Å²) < 4.78 is 1.85. The van der Waals surface area contributed by atoms with Crippen LogP contribution in [0.5, 0.6) is 0 Å². The summed E-state index contributed by atoms with van der Waals surface area (Å²) in [5.41, 5.74) is 6.89. The van der Waals surface area contributed by atoms with Crippen LogP contribution in [0.15, 0.2) is 36.5 Å². The molecule has 20 heavy (non-hydrogen) atoms. The highest BCUT2D eigenvalue weighted by Gasteiger charge is 2.36. The number of hydrogen-bond acceptors (Lipinski definition) is 3. The fourth-order valence-corrected chi connectivity index (χ4v) is 2.82. The summed E-state index contributed by atoms with van der Waals surface area (Å²) in [6.45, 7) is 4.23. The van der Waals surface area contributed by atoms with Crippen LogP contribution >= 0.6 is 0 Å².